The van der Waals surface area contributed by atoms with E-state index in [2.05, 4.69) is 5.32 Å². The number of aliphatic hydroxyl groups excluding tert-OH is 1. The van der Waals surface area contributed by atoms with E-state index in [0.29, 0.717) is 6.42 Å². The number of likely N-dealkylation sites (tertiary alicyclic amines) is 1. The molecule has 200 valence electrons. The van der Waals surface area contributed by atoms with Gasteiger partial charge in [0.1, 0.15) is 17.7 Å². The average Bonchev–Trinajstić information content (AvgIpc) is 3.33. The number of rotatable bonds is 10. The van der Waals surface area contributed by atoms with E-state index < -0.39 is 41.8 Å². The SMILES string of the molecule is CC(C)(C)OC(=O)N1CCCC1(CO)C(=O)N[C@@H](COCc1ccccc1)C(=O)OCc1ccccc1. The second-order valence-corrected chi connectivity index (χ2v) is 10.0. The molecule has 0 aromatic heterocycles. The predicted octanol–water partition coefficient (Wildman–Crippen LogP) is 3.19. The standard InChI is InChI=1S/C28H36N2O7/c1-27(2,3)37-26(34)30-16-10-15-28(30,20-31)25(33)29-23(19-35-17-21-11-6-4-7-12-21)24(32)36-18-22-13-8-5-9-14-22/h4-9,11-14,23,31H,10,15-20H2,1-3H3,(H,29,33)/t23-,28?/m0/s1. The lowest BCUT2D eigenvalue weighted by atomic mass is 9.95. The van der Waals surface area contributed by atoms with Crippen molar-refractivity contribution in [1.29, 1.82) is 0 Å². The lowest BCUT2D eigenvalue weighted by Gasteiger charge is -2.37. The minimum absolute atomic E-state index is 0.0277. The van der Waals surface area contributed by atoms with Crippen molar-refractivity contribution in [3.63, 3.8) is 0 Å². The lowest BCUT2D eigenvalue weighted by Crippen LogP contribution is -2.63. The van der Waals surface area contributed by atoms with Gasteiger partial charge < -0.3 is 24.6 Å². The quantitative estimate of drug-likeness (QED) is 0.470. The highest BCUT2D eigenvalue weighted by Crippen LogP contribution is 2.31. The summed E-state index contributed by atoms with van der Waals surface area (Å²) in [4.78, 5) is 40.6. The summed E-state index contributed by atoms with van der Waals surface area (Å²) >= 11 is 0. The van der Waals surface area contributed by atoms with Gasteiger partial charge in [0.2, 0.25) is 5.91 Å². The molecule has 1 aliphatic heterocycles. The third-order valence-electron chi connectivity index (χ3n) is 6.00. The van der Waals surface area contributed by atoms with E-state index in [0.717, 1.165) is 11.1 Å². The topological polar surface area (TPSA) is 114 Å². The summed E-state index contributed by atoms with van der Waals surface area (Å²) in [6, 6.07) is 17.4. The second-order valence-electron chi connectivity index (χ2n) is 10.0. The molecule has 9 heteroatoms. The van der Waals surface area contributed by atoms with E-state index in [1.807, 2.05) is 60.7 Å². The fourth-order valence-corrected chi connectivity index (χ4v) is 4.09. The Labute approximate surface area is 217 Å². The number of ether oxygens (including phenoxy) is 3. The number of carbonyl (C=O) groups excluding carboxylic acids is 3. The van der Waals surface area contributed by atoms with Crippen molar-refractivity contribution in [2.24, 2.45) is 0 Å². The van der Waals surface area contributed by atoms with E-state index in [-0.39, 0.29) is 32.8 Å². The Morgan fingerprint density at radius 3 is 2.16 bits per heavy atom. The summed E-state index contributed by atoms with van der Waals surface area (Å²) in [6.07, 6.45) is 0.0317. The molecule has 3 rings (SSSR count). The second kappa shape index (κ2) is 12.7. The van der Waals surface area contributed by atoms with Crippen molar-refractivity contribution >= 4 is 18.0 Å². The summed E-state index contributed by atoms with van der Waals surface area (Å²) in [5.74, 6) is -1.34. The van der Waals surface area contributed by atoms with Crippen molar-refractivity contribution < 1.29 is 33.7 Å². The summed E-state index contributed by atoms with van der Waals surface area (Å²) in [5.41, 5.74) is -0.625. The van der Waals surface area contributed by atoms with Gasteiger partial charge in [-0.15, -0.1) is 0 Å². The van der Waals surface area contributed by atoms with Crippen LogP contribution in [0.3, 0.4) is 0 Å². The highest BCUT2D eigenvalue weighted by molar-refractivity contribution is 5.93. The fraction of sp³-hybridized carbons (Fsp3) is 0.464. The Bertz CT molecular complexity index is 1040. The predicted molar refractivity (Wildman–Crippen MR) is 136 cm³/mol. The molecule has 2 amide bonds. The van der Waals surface area contributed by atoms with Crippen molar-refractivity contribution in [2.45, 2.75) is 64.0 Å². The molecule has 1 fully saturated rings. The van der Waals surface area contributed by atoms with Gasteiger partial charge in [-0.1, -0.05) is 60.7 Å². The van der Waals surface area contributed by atoms with E-state index >= 15 is 0 Å². The third-order valence-corrected chi connectivity index (χ3v) is 6.00. The number of nitrogens with zero attached hydrogens (tertiary/aromatic N) is 1. The highest BCUT2D eigenvalue weighted by atomic mass is 16.6. The molecule has 0 saturated carbocycles. The molecule has 2 aromatic carbocycles. The zero-order chi connectivity index (χ0) is 26.9. The number of hydrogen-bond donors (Lipinski definition) is 2. The van der Waals surface area contributed by atoms with Gasteiger partial charge >= 0.3 is 12.1 Å². The van der Waals surface area contributed by atoms with E-state index in [1.165, 1.54) is 4.90 Å². The normalized spacial score (nSPS) is 18.2. The zero-order valence-electron chi connectivity index (χ0n) is 21.6. The molecule has 37 heavy (non-hydrogen) atoms. The third kappa shape index (κ3) is 7.77. The smallest absolute Gasteiger partial charge is 0.411 e. The molecule has 1 unspecified atom stereocenters. The van der Waals surface area contributed by atoms with Crippen molar-refractivity contribution in [1.82, 2.24) is 10.2 Å². The minimum Gasteiger partial charge on any atom is -0.459 e. The molecule has 0 radical (unpaired) electrons. The van der Waals surface area contributed by atoms with Crippen LogP contribution < -0.4 is 5.32 Å². The first-order valence-corrected chi connectivity index (χ1v) is 12.4. The number of esters is 1. The highest BCUT2D eigenvalue weighted by Gasteiger charge is 2.51. The number of benzene rings is 2. The van der Waals surface area contributed by atoms with Crippen LogP contribution in [0.2, 0.25) is 0 Å². The summed E-state index contributed by atoms with van der Waals surface area (Å²) in [6.45, 7) is 4.92. The number of nitrogens with one attached hydrogen (secondary N) is 1. The summed E-state index contributed by atoms with van der Waals surface area (Å²) in [5, 5.41) is 12.9. The number of hydrogen-bond acceptors (Lipinski definition) is 7. The fourth-order valence-electron chi connectivity index (χ4n) is 4.09. The van der Waals surface area contributed by atoms with Gasteiger partial charge in [0, 0.05) is 6.54 Å². The van der Waals surface area contributed by atoms with Gasteiger partial charge in [0.25, 0.3) is 0 Å². The zero-order valence-corrected chi connectivity index (χ0v) is 21.6. The van der Waals surface area contributed by atoms with Crippen molar-refractivity contribution in [3.8, 4) is 0 Å². The van der Waals surface area contributed by atoms with Gasteiger partial charge in [0.15, 0.2) is 6.04 Å². The van der Waals surface area contributed by atoms with Gasteiger partial charge in [-0.2, -0.15) is 0 Å². The van der Waals surface area contributed by atoms with Crippen LogP contribution >= 0.6 is 0 Å². The molecular weight excluding hydrogens is 476 g/mol. The van der Waals surface area contributed by atoms with Crippen LogP contribution in [0.4, 0.5) is 4.79 Å². The minimum atomic E-state index is -1.56. The molecule has 1 saturated heterocycles. The molecule has 9 nitrogen and oxygen atoms in total. The Morgan fingerprint density at radius 2 is 1.59 bits per heavy atom. The van der Waals surface area contributed by atoms with Crippen LogP contribution in [0.15, 0.2) is 60.7 Å². The monoisotopic (exact) mass is 512 g/mol. The van der Waals surface area contributed by atoms with Crippen molar-refractivity contribution in [2.75, 3.05) is 19.8 Å². The Hall–Kier alpha value is -3.43. The molecule has 0 aliphatic carbocycles. The molecule has 2 aromatic rings. The maximum absolute atomic E-state index is 13.5. The average molecular weight is 513 g/mol. The van der Waals surface area contributed by atoms with E-state index in [4.69, 9.17) is 14.2 Å². The molecule has 1 heterocycles. The van der Waals surface area contributed by atoms with Crippen LogP contribution in [0.5, 0.6) is 0 Å². The molecule has 1 aliphatic rings. The maximum Gasteiger partial charge on any atom is 0.411 e. The summed E-state index contributed by atoms with van der Waals surface area (Å²) < 4.78 is 16.7. The van der Waals surface area contributed by atoms with Crippen LogP contribution in [-0.4, -0.2) is 64.9 Å². The first-order chi connectivity index (χ1) is 17.6. The molecule has 2 N–H and O–H groups in total. The molecule has 0 spiro atoms. The largest absolute Gasteiger partial charge is 0.459 e. The van der Waals surface area contributed by atoms with E-state index in [9.17, 15) is 19.5 Å². The summed E-state index contributed by atoms with van der Waals surface area (Å²) in [7, 11) is 0. The maximum atomic E-state index is 13.5. The number of amides is 2. The van der Waals surface area contributed by atoms with Crippen LogP contribution in [0, 0.1) is 0 Å². The molecule has 0 bridgehead atoms. The first-order valence-electron chi connectivity index (χ1n) is 12.4. The first kappa shape index (κ1) is 28.1. The Kier molecular flexibility index (Phi) is 9.66. The van der Waals surface area contributed by atoms with Crippen molar-refractivity contribution in [3.05, 3.63) is 71.8 Å². The van der Waals surface area contributed by atoms with Gasteiger partial charge in [-0.3, -0.25) is 9.69 Å². The van der Waals surface area contributed by atoms with Gasteiger partial charge in [-0.05, 0) is 44.7 Å². The van der Waals surface area contributed by atoms with E-state index in [1.54, 1.807) is 20.8 Å². The lowest BCUT2D eigenvalue weighted by molar-refractivity contribution is -0.153. The molecular formula is C28H36N2O7. The Balaban J connectivity index is 1.73. The number of aliphatic hydroxyl groups is 1. The Morgan fingerprint density at radius 1 is 1.00 bits per heavy atom. The number of carbonyl (C=O) groups is 3. The van der Waals surface area contributed by atoms with Crippen LogP contribution in [0.1, 0.15) is 44.7 Å². The van der Waals surface area contributed by atoms with Gasteiger partial charge in [-0.25, -0.2) is 9.59 Å². The van der Waals surface area contributed by atoms with Crippen LogP contribution in [-0.2, 0) is 37.0 Å². The molecule has 2 atom stereocenters. The van der Waals surface area contributed by atoms with Gasteiger partial charge in [0.05, 0.1) is 19.8 Å². The van der Waals surface area contributed by atoms with Crippen LogP contribution in [0.25, 0.3) is 0 Å².